The van der Waals surface area contributed by atoms with Crippen molar-refractivity contribution in [2.75, 3.05) is 11.1 Å². The predicted octanol–water partition coefficient (Wildman–Crippen LogP) is 2.50. The largest absolute Gasteiger partial charge is 0.397 e. The van der Waals surface area contributed by atoms with Crippen LogP contribution in [-0.4, -0.2) is 10.9 Å². The molecule has 3 N–H and O–H groups in total. The van der Waals surface area contributed by atoms with Crippen molar-refractivity contribution in [1.29, 1.82) is 0 Å². The van der Waals surface area contributed by atoms with Gasteiger partial charge in [0.15, 0.2) is 11.6 Å². The van der Waals surface area contributed by atoms with Crippen LogP contribution in [0.4, 0.5) is 20.3 Å². The van der Waals surface area contributed by atoms with E-state index >= 15 is 0 Å². The minimum Gasteiger partial charge on any atom is -0.397 e. The van der Waals surface area contributed by atoms with Crippen LogP contribution >= 0.6 is 0 Å². The molecule has 1 amide bonds. The molecule has 1 heterocycles. The van der Waals surface area contributed by atoms with E-state index in [9.17, 15) is 13.6 Å². The van der Waals surface area contributed by atoms with Crippen LogP contribution in [0.5, 0.6) is 0 Å². The third kappa shape index (κ3) is 2.85. The summed E-state index contributed by atoms with van der Waals surface area (Å²) in [5, 5.41) is 2.48. The molecule has 0 aliphatic heterocycles. The van der Waals surface area contributed by atoms with Crippen molar-refractivity contribution in [3.8, 4) is 0 Å². The zero-order chi connectivity index (χ0) is 14.0. The number of anilines is 2. The third-order valence-electron chi connectivity index (χ3n) is 2.57. The fourth-order valence-electron chi connectivity index (χ4n) is 1.46. The lowest BCUT2D eigenvalue weighted by Crippen LogP contribution is -2.13. The Morgan fingerprint density at radius 2 is 2.00 bits per heavy atom. The van der Waals surface area contributed by atoms with Crippen molar-refractivity contribution < 1.29 is 13.6 Å². The first kappa shape index (κ1) is 12.9. The number of rotatable bonds is 2. The number of amides is 1. The zero-order valence-electron chi connectivity index (χ0n) is 10.1. The summed E-state index contributed by atoms with van der Waals surface area (Å²) in [6.45, 7) is 1.77. The van der Waals surface area contributed by atoms with Gasteiger partial charge in [-0.15, -0.1) is 0 Å². The van der Waals surface area contributed by atoms with E-state index in [1.807, 2.05) is 0 Å². The zero-order valence-corrected chi connectivity index (χ0v) is 10.1. The van der Waals surface area contributed by atoms with Gasteiger partial charge in [-0.05, 0) is 36.8 Å². The summed E-state index contributed by atoms with van der Waals surface area (Å²) in [5.41, 5.74) is 6.88. The van der Waals surface area contributed by atoms with Crippen molar-refractivity contribution in [3.05, 3.63) is 53.2 Å². The van der Waals surface area contributed by atoms with Gasteiger partial charge in [-0.3, -0.25) is 4.79 Å². The Morgan fingerprint density at radius 1 is 1.26 bits per heavy atom. The molecule has 0 aliphatic rings. The Labute approximate surface area is 108 Å². The molecule has 0 bridgehead atoms. The maximum atomic E-state index is 13.0. The summed E-state index contributed by atoms with van der Waals surface area (Å²) in [5.74, 6) is -2.36. The number of hydrogen-bond acceptors (Lipinski definition) is 3. The average molecular weight is 263 g/mol. The van der Waals surface area contributed by atoms with E-state index in [1.54, 1.807) is 13.0 Å². The van der Waals surface area contributed by atoms with Gasteiger partial charge in [0.05, 0.1) is 11.9 Å². The Bertz CT molecular complexity index is 644. The Hall–Kier alpha value is -2.50. The summed E-state index contributed by atoms with van der Waals surface area (Å²) in [6.07, 6.45) is 1.41. The van der Waals surface area contributed by atoms with Crippen LogP contribution in [0.15, 0.2) is 30.5 Å². The first-order valence-corrected chi connectivity index (χ1v) is 5.46. The van der Waals surface area contributed by atoms with Gasteiger partial charge in [0, 0.05) is 5.56 Å². The summed E-state index contributed by atoms with van der Waals surface area (Å²) in [4.78, 5) is 15.7. The number of nitrogen functional groups attached to an aromatic ring is 1. The van der Waals surface area contributed by atoms with Crippen molar-refractivity contribution in [2.45, 2.75) is 6.92 Å². The number of carbonyl (C=O) groups is 1. The highest BCUT2D eigenvalue weighted by Gasteiger charge is 2.10. The van der Waals surface area contributed by atoms with E-state index in [2.05, 4.69) is 10.3 Å². The Kier molecular flexibility index (Phi) is 3.41. The SMILES string of the molecule is Cc1cc(NC(=O)c2ccc(F)c(F)c2)ncc1N. The van der Waals surface area contributed by atoms with Crippen LogP contribution in [0.1, 0.15) is 15.9 Å². The lowest BCUT2D eigenvalue weighted by Gasteiger charge is -2.06. The minimum atomic E-state index is -1.07. The number of aryl methyl sites for hydroxylation is 1. The fourth-order valence-corrected chi connectivity index (χ4v) is 1.46. The fraction of sp³-hybridized carbons (Fsp3) is 0.0769. The van der Waals surface area contributed by atoms with Crippen molar-refractivity contribution >= 4 is 17.4 Å². The van der Waals surface area contributed by atoms with Crippen LogP contribution in [0.3, 0.4) is 0 Å². The van der Waals surface area contributed by atoms with Gasteiger partial charge in [-0.25, -0.2) is 13.8 Å². The molecule has 0 atom stereocenters. The molecule has 0 fully saturated rings. The standard InChI is InChI=1S/C13H11F2N3O/c1-7-4-12(17-6-11(7)16)18-13(19)8-2-3-9(14)10(15)5-8/h2-6H,16H2,1H3,(H,17,18,19). The minimum absolute atomic E-state index is 0.00942. The summed E-state index contributed by atoms with van der Waals surface area (Å²) >= 11 is 0. The van der Waals surface area contributed by atoms with Gasteiger partial charge in [0.1, 0.15) is 5.82 Å². The van der Waals surface area contributed by atoms with E-state index in [-0.39, 0.29) is 5.56 Å². The van der Waals surface area contributed by atoms with Gasteiger partial charge in [-0.2, -0.15) is 0 Å². The van der Waals surface area contributed by atoms with Gasteiger partial charge in [0.25, 0.3) is 5.91 Å². The van der Waals surface area contributed by atoms with Crippen molar-refractivity contribution in [1.82, 2.24) is 4.98 Å². The number of nitrogens with zero attached hydrogens (tertiary/aromatic N) is 1. The van der Waals surface area contributed by atoms with Crippen LogP contribution < -0.4 is 11.1 Å². The van der Waals surface area contributed by atoms with Crippen LogP contribution in [0.25, 0.3) is 0 Å². The molecule has 19 heavy (non-hydrogen) atoms. The normalized spacial score (nSPS) is 10.3. The molecule has 0 spiro atoms. The first-order valence-electron chi connectivity index (χ1n) is 5.46. The molecule has 0 saturated carbocycles. The number of aromatic nitrogens is 1. The van der Waals surface area contributed by atoms with E-state index in [0.29, 0.717) is 11.5 Å². The smallest absolute Gasteiger partial charge is 0.256 e. The highest BCUT2D eigenvalue weighted by atomic mass is 19.2. The number of halogens is 2. The van der Waals surface area contributed by atoms with Gasteiger partial charge >= 0.3 is 0 Å². The van der Waals surface area contributed by atoms with E-state index < -0.39 is 17.5 Å². The Morgan fingerprint density at radius 3 is 2.63 bits per heavy atom. The molecular formula is C13H11F2N3O. The van der Waals surface area contributed by atoms with E-state index in [0.717, 1.165) is 17.7 Å². The molecule has 0 unspecified atom stereocenters. The number of nitrogens with two attached hydrogens (primary N) is 1. The van der Waals surface area contributed by atoms with Crippen LogP contribution in [-0.2, 0) is 0 Å². The number of carbonyl (C=O) groups excluding carboxylic acids is 1. The molecule has 0 aliphatic carbocycles. The molecule has 1 aromatic carbocycles. The topological polar surface area (TPSA) is 68.0 Å². The van der Waals surface area contributed by atoms with Gasteiger partial charge in [-0.1, -0.05) is 0 Å². The monoisotopic (exact) mass is 263 g/mol. The van der Waals surface area contributed by atoms with Crippen LogP contribution in [0.2, 0.25) is 0 Å². The molecule has 6 heteroatoms. The number of pyridine rings is 1. The van der Waals surface area contributed by atoms with Crippen molar-refractivity contribution in [2.24, 2.45) is 0 Å². The summed E-state index contributed by atoms with van der Waals surface area (Å²) in [6, 6.07) is 4.51. The van der Waals surface area contributed by atoms with Crippen LogP contribution in [0, 0.1) is 18.6 Å². The highest BCUT2D eigenvalue weighted by Crippen LogP contribution is 2.15. The average Bonchev–Trinajstić information content (AvgIpc) is 2.37. The second-order valence-electron chi connectivity index (χ2n) is 4.01. The Balaban J connectivity index is 2.20. The lowest BCUT2D eigenvalue weighted by atomic mass is 10.2. The predicted molar refractivity (Wildman–Crippen MR) is 67.7 cm³/mol. The quantitative estimate of drug-likeness (QED) is 0.874. The number of benzene rings is 1. The number of hydrogen-bond donors (Lipinski definition) is 2. The summed E-state index contributed by atoms with van der Waals surface area (Å²) < 4.78 is 25.8. The van der Waals surface area contributed by atoms with Crippen molar-refractivity contribution in [3.63, 3.8) is 0 Å². The molecule has 1 aromatic heterocycles. The maximum absolute atomic E-state index is 13.0. The first-order chi connectivity index (χ1) is 8.97. The van der Waals surface area contributed by atoms with E-state index in [4.69, 9.17) is 5.73 Å². The molecular weight excluding hydrogens is 252 g/mol. The van der Waals surface area contributed by atoms with Gasteiger partial charge < -0.3 is 11.1 Å². The molecule has 4 nitrogen and oxygen atoms in total. The second-order valence-corrected chi connectivity index (χ2v) is 4.01. The second kappa shape index (κ2) is 5.01. The molecule has 2 rings (SSSR count). The summed E-state index contributed by atoms with van der Waals surface area (Å²) in [7, 11) is 0. The lowest BCUT2D eigenvalue weighted by molar-refractivity contribution is 0.102. The number of nitrogens with one attached hydrogen (secondary N) is 1. The van der Waals surface area contributed by atoms with E-state index in [1.165, 1.54) is 12.3 Å². The molecule has 98 valence electrons. The van der Waals surface area contributed by atoms with Gasteiger partial charge in [0.2, 0.25) is 0 Å². The highest BCUT2D eigenvalue weighted by molar-refractivity contribution is 6.03. The third-order valence-corrected chi connectivity index (χ3v) is 2.57. The molecule has 0 radical (unpaired) electrons. The maximum Gasteiger partial charge on any atom is 0.256 e. The molecule has 0 saturated heterocycles. The molecule has 2 aromatic rings.